The lowest BCUT2D eigenvalue weighted by Gasteiger charge is -2.20. The number of carboxylic acid groups (broad SMARTS) is 1. The standard InChI is InChI=1S/C17H22N2O4/c1-17(16(22)23)9-11-19(12-17)14(20)8-5-10-18-15(21)13-6-3-2-4-7-13/h2-4,6-7H,5,8-12H2,1H3,(H,18,21)(H,22,23). The molecule has 6 nitrogen and oxygen atoms in total. The maximum atomic E-state index is 12.1. The molecule has 6 heteroatoms. The highest BCUT2D eigenvalue weighted by molar-refractivity contribution is 5.94. The van der Waals surface area contributed by atoms with E-state index >= 15 is 0 Å². The Morgan fingerprint density at radius 1 is 1.26 bits per heavy atom. The molecule has 23 heavy (non-hydrogen) atoms. The van der Waals surface area contributed by atoms with Gasteiger partial charge in [0.05, 0.1) is 5.41 Å². The van der Waals surface area contributed by atoms with Gasteiger partial charge >= 0.3 is 5.97 Å². The Morgan fingerprint density at radius 3 is 2.57 bits per heavy atom. The third kappa shape index (κ3) is 4.31. The van der Waals surface area contributed by atoms with Gasteiger partial charge in [-0.25, -0.2) is 0 Å². The molecular formula is C17H22N2O4. The van der Waals surface area contributed by atoms with Crippen molar-refractivity contribution in [3.63, 3.8) is 0 Å². The Hall–Kier alpha value is -2.37. The van der Waals surface area contributed by atoms with E-state index in [4.69, 9.17) is 0 Å². The van der Waals surface area contributed by atoms with Crippen molar-refractivity contribution >= 4 is 17.8 Å². The summed E-state index contributed by atoms with van der Waals surface area (Å²) < 4.78 is 0. The van der Waals surface area contributed by atoms with Gasteiger partial charge in [0.2, 0.25) is 5.91 Å². The van der Waals surface area contributed by atoms with Crippen molar-refractivity contribution in [3.05, 3.63) is 35.9 Å². The first-order chi connectivity index (χ1) is 10.9. The highest BCUT2D eigenvalue weighted by Gasteiger charge is 2.41. The molecule has 1 fully saturated rings. The second kappa shape index (κ2) is 7.26. The quantitative estimate of drug-likeness (QED) is 0.779. The number of carbonyl (C=O) groups is 3. The van der Waals surface area contributed by atoms with Crippen molar-refractivity contribution in [1.82, 2.24) is 10.2 Å². The number of hydrogen-bond donors (Lipinski definition) is 2. The molecule has 1 atom stereocenters. The fourth-order valence-electron chi connectivity index (χ4n) is 2.64. The van der Waals surface area contributed by atoms with Gasteiger partial charge in [0, 0.05) is 31.6 Å². The first-order valence-corrected chi connectivity index (χ1v) is 7.77. The summed E-state index contributed by atoms with van der Waals surface area (Å²) in [6.45, 7) is 2.84. The molecule has 0 radical (unpaired) electrons. The zero-order chi connectivity index (χ0) is 16.9. The van der Waals surface area contributed by atoms with Gasteiger partial charge in [-0.3, -0.25) is 14.4 Å². The van der Waals surface area contributed by atoms with E-state index in [1.165, 1.54) is 0 Å². The summed E-state index contributed by atoms with van der Waals surface area (Å²) in [5.41, 5.74) is -0.243. The molecule has 1 aliphatic heterocycles. The molecule has 1 aromatic carbocycles. The van der Waals surface area contributed by atoms with E-state index in [-0.39, 0.29) is 18.4 Å². The molecule has 0 saturated carbocycles. The monoisotopic (exact) mass is 318 g/mol. The highest BCUT2D eigenvalue weighted by atomic mass is 16.4. The Labute approximate surface area is 135 Å². The van der Waals surface area contributed by atoms with Crippen molar-refractivity contribution in [3.8, 4) is 0 Å². The Bertz CT molecular complexity index is 588. The van der Waals surface area contributed by atoms with Crippen LogP contribution in [0.25, 0.3) is 0 Å². The molecule has 0 spiro atoms. The summed E-state index contributed by atoms with van der Waals surface area (Å²) in [7, 11) is 0. The van der Waals surface area contributed by atoms with E-state index in [1.807, 2.05) is 6.07 Å². The first kappa shape index (κ1) is 17.0. The second-order valence-electron chi connectivity index (χ2n) is 6.16. The average Bonchev–Trinajstić information content (AvgIpc) is 2.96. The molecule has 1 aromatic rings. The minimum Gasteiger partial charge on any atom is -0.481 e. The molecule has 0 aromatic heterocycles. The number of hydrogen-bond acceptors (Lipinski definition) is 3. The summed E-state index contributed by atoms with van der Waals surface area (Å²) in [4.78, 5) is 36.7. The molecule has 0 aliphatic carbocycles. The van der Waals surface area contributed by atoms with Gasteiger partial charge in [0.15, 0.2) is 0 Å². The fourth-order valence-corrected chi connectivity index (χ4v) is 2.64. The first-order valence-electron chi connectivity index (χ1n) is 7.77. The maximum absolute atomic E-state index is 12.1. The summed E-state index contributed by atoms with van der Waals surface area (Å²) in [5.74, 6) is -1.07. The molecule has 2 rings (SSSR count). The number of amides is 2. The SMILES string of the molecule is CC1(C(=O)O)CCN(C(=O)CCCNC(=O)c2ccccc2)C1. The largest absolute Gasteiger partial charge is 0.481 e. The van der Waals surface area contributed by atoms with Gasteiger partial charge in [-0.15, -0.1) is 0 Å². The minimum absolute atomic E-state index is 0.0519. The van der Waals surface area contributed by atoms with Crippen LogP contribution >= 0.6 is 0 Å². The van der Waals surface area contributed by atoms with Crippen LogP contribution in [0.1, 0.15) is 36.5 Å². The average molecular weight is 318 g/mol. The molecule has 124 valence electrons. The smallest absolute Gasteiger partial charge is 0.311 e. The van der Waals surface area contributed by atoms with Crippen molar-refractivity contribution in [2.45, 2.75) is 26.2 Å². The maximum Gasteiger partial charge on any atom is 0.311 e. The number of rotatable bonds is 6. The molecule has 2 amide bonds. The zero-order valence-corrected chi connectivity index (χ0v) is 13.2. The number of benzene rings is 1. The normalized spacial score (nSPS) is 20.3. The lowest BCUT2D eigenvalue weighted by molar-refractivity contribution is -0.147. The van der Waals surface area contributed by atoms with Crippen LogP contribution < -0.4 is 5.32 Å². The van der Waals surface area contributed by atoms with Gasteiger partial charge in [0.25, 0.3) is 5.91 Å². The third-order valence-corrected chi connectivity index (χ3v) is 4.23. The van der Waals surface area contributed by atoms with Crippen molar-refractivity contribution in [2.75, 3.05) is 19.6 Å². The molecule has 1 heterocycles. The van der Waals surface area contributed by atoms with Crippen molar-refractivity contribution in [1.29, 1.82) is 0 Å². The Balaban J connectivity index is 1.70. The molecule has 1 aliphatic rings. The van der Waals surface area contributed by atoms with Crippen LogP contribution in [-0.2, 0) is 9.59 Å². The van der Waals surface area contributed by atoms with Gasteiger partial charge in [-0.2, -0.15) is 0 Å². The topological polar surface area (TPSA) is 86.7 Å². The Kier molecular flexibility index (Phi) is 5.36. The predicted octanol–water partition coefficient (Wildman–Crippen LogP) is 1.52. The van der Waals surface area contributed by atoms with Crippen LogP contribution in [0, 0.1) is 5.41 Å². The molecular weight excluding hydrogens is 296 g/mol. The lowest BCUT2D eigenvalue weighted by atomic mass is 9.90. The summed E-state index contributed by atoms with van der Waals surface area (Å²) in [5, 5.41) is 11.9. The predicted molar refractivity (Wildman–Crippen MR) is 84.9 cm³/mol. The fraction of sp³-hybridized carbons (Fsp3) is 0.471. The van der Waals surface area contributed by atoms with E-state index in [0.717, 1.165) is 0 Å². The molecule has 0 bridgehead atoms. The van der Waals surface area contributed by atoms with Gasteiger partial charge in [-0.05, 0) is 31.9 Å². The van der Waals surface area contributed by atoms with Crippen molar-refractivity contribution < 1.29 is 19.5 Å². The highest BCUT2D eigenvalue weighted by Crippen LogP contribution is 2.30. The Morgan fingerprint density at radius 2 is 1.96 bits per heavy atom. The van der Waals surface area contributed by atoms with E-state index in [0.29, 0.717) is 37.9 Å². The van der Waals surface area contributed by atoms with Crippen molar-refractivity contribution in [2.24, 2.45) is 5.41 Å². The summed E-state index contributed by atoms with van der Waals surface area (Å²) >= 11 is 0. The van der Waals surface area contributed by atoms with Crippen LogP contribution in [0.3, 0.4) is 0 Å². The number of carboxylic acids is 1. The van der Waals surface area contributed by atoms with Gasteiger partial charge < -0.3 is 15.3 Å². The zero-order valence-electron chi connectivity index (χ0n) is 13.2. The summed E-state index contributed by atoms with van der Waals surface area (Å²) in [6.07, 6.45) is 1.33. The number of nitrogens with zero attached hydrogens (tertiary/aromatic N) is 1. The molecule has 1 unspecified atom stereocenters. The molecule has 1 saturated heterocycles. The minimum atomic E-state index is -0.858. The number of likely N-dealkylation sites (tertiary alicyclic amines) is 1. The molecule has 2 N–H and O–H groups in total. The lowest BCUT2D eigenvalue weighted by Crippen LogP contribution is -2.35. The van der Waals surface area contributed by atoms with Crippen LogP contribution in [0.15, 0.2) is 30.3 Å². The van der Waals surface area contributed by atoms with Gasteiger partial charge in [-0.1, -0.05) is 18.2 Å². The number of aliphatic carboxylic acids is 1. The van der Waals surface area contributed by atoms with E-state index in [9.17, 15) is 19.5 Å². The third-order valence-electron chi connectivity index (χ3n) is 4.23. The number of nitrogens with one attached hydrogen (secondary N) is 1. The van der Waals surface area contributed by atoms with E-state index < -0.39 is 11.4 Å². The van der Waals surface area contributed by atoms with Gasteiger partial charge in [0.1, 0.15) is 0 Å². The van der Waals surface area contributed by atoms with Crippen LogP contribution in [0.5, 0.6) is 0 Å². The summed E-state index contributed by atoms with van der Waals surface area (Å²) in [6, 6.07) is 8.90. The van der Waals surface area contributed by atoms with Crippen LogP contribution in [0.4, 0.5) is 0 Å². The van der Waals surface area contributed by atoms with E-state index in [2.05, 4.69) is 5.32 Å². The van der Waals surface area contributed by atoms with Crippen LogP contribution in [0.2, 0.25) is 0 Å². The van der Waals surface area contributed by atoms with E-state index in [1.54, 1.807) is 36.1 Å². The second-order valence-corrected chi connectivity index (χ2v) is 6.16. The van der Waals surface area contributed by atoms with Crippen LogP contribution in [-0.4, -0.2) is 47.4 Å². The number of carbonyl (C=O) groups excluding carboxylic acids is 2.